The van der Waals surface area contributed by atoms with Crippen molar-refractivity contribution in [1.82, 2.24) is 4.31 Å². The van der Waals surface area contributed by atoms with Crippen LogP contribution in [0.5, 0.6) is 0 Å². The molecule has 0 N–H and O–H groups in total. The topological polar surface area (TPSA) is 29.5 Å². The Balaban J connectivity index is 2.18. The molecule has 1 aromatic rings. The average molecular weight is 342 g/mol. The third kappa shape index (κ3) is 4.64. The van der Waals surface area contributed by atoms with Crippen LogP contribution in [-0.4, -0.2) is 29.5 Å². The summed E-state index contributed by atoms with van der Waals surface area (Å²) >= 11 is 7.73. The predicted octanol–water partition coefficient (Wildman–Crippen LogP) is 4.43. The zero-order valence-corrected chi connectivity index (χ0v) is 15.2. The molecule has 0 radical (unpaired) electrons. The molecule has 3 nitrogen and oxygen atoms in total. The fraction of sp³-hybridized carbons (Fsp3) is 0.588. The van der Waals surface area contributed by atoms with E-state index in [-0.39, 0.29) is 12.0 Å². The summed E-state index contributed by atoms with van der Waals surface area (Å²) in [5.41, 5.74) is 1.13. The van der Waals surface area contributed by atoms with E-state index in [9.17, 15) is 4.79 Å². The number of fused-ring (bicyclic) bond motifs is 1. The van der Waals surface area contributed by atoms with Crippen molar-refractivity contribution < 1.29 is 9.53 Å². The Morgan fingerprint density at radius 2 is 2.09 bits per heavy atom. The van der Waals surface area contributed by atoms with Crippen LogP contribution in [0.4, 0.5) is 0 Å². The number of rotatable bonds is 5. The van der Waals surface area contributed by atoms with E-state index in [4.69, 9.17) is 16.3 Å². The fourth-order valence-electron chi connectivity index (χ4n) is 2.37. The largest absolute Gasteiger partial charge is 0.464 e. The minimum absolute atomic E-state index is 0.132. The number of esters is 1. The number of hydrogen-bond acceptors (Lipinski definition) is 4. The number of carbonyl (C=O) groups is 1. The van der Waals surface area contributed by atoms with E-state index in [0.29, 0.717) is 29.9 Å². The van der Waals surface area contributed by atoms with Gasteiger partial charge >= 0.3 is 5.97 Å². The highest BCUT2D eigenvalue weighted by molar-refractivity contribution is 7.97. The molecule has 1 atom stereocenters. The first-order chi connectivity index (χ1) is 10.4. The summed E-state index contributed by atoms with van der Waals surface area (Å²) in [4.78, 5) is 13.7. The Kier molecular flexibility index (Phi) is 6.18. The van der Waals surface area contributed by atoms with Gasteiger partial charge in [0.2, 0.25) is 0 Å². The molecule has 1 aliphatic heterocycles. The number of halogens is 1. The van der Waals surface area contributed by atoms with Gasteiger partial charge in [-0.2, -0.15) is 0 Å². The lowest BCUT2D eigenvalue weighted by Crippen LogP contribution is -2.43. The van der Waals surface area contributed by atoms with E-state index in [2.05, 4.69) is 18.2 Å². The highest BCUT2D eigenvalue weighted by Gasteiger charge is 2.34. The molecule has 1 unspecified atom stereocenters. The molecule has 22 heavy (non-hydrogen) atoms. The minimum Gasteiger partial charge on any atom is -0.464 e. The zero-order chi connectivity index (χ0) is 16.3. The summed E-state index contributed by atoms with van der Waals surface area (Å²) in [6, 6.07) is 5.65. The number of carbonyl (C=O) groups excluding carboxylic acids is 1. The predicted molar refractivity (Wildman–Crippen MR) is 92.1 cm³/mol. The van der Waals surface area contributed by atoms with E-state index in [1.807, 2.05) is 32.0 Å². The molecule has 0 aliphatic carbocycles. The van der Waals surface area contributed by atoms with Crippen LogP contribution in [0.1, 0.15) is 33.3 Å². The van der Waals surface area contributed by atoms with Crippen LogP contribution in [0, 0.1) is 11.8 Å². The summed E-state index contributed by atoms with van der Waals surface area (Å²) in [7, 11) is 0. The molecule has 1 aliphatic rings. The standard InChI is InChI=1S/C17H24ClNO2S/c1-11(2)9-19-15(17(20)21-10-12(3)4)8-13-7-14(18)5-6-16(13)22-19/h5-7,11-12,15H,8-10H2,1-4H3. The number of benzene rings is 1. The van der Waals surface area contributed by atoms with Crippen molar-refractivity contribution in [2.75, 3.05) is 13.2 Å². The molecular weight excluding hydrogens is 318 g/mol. The van der Waals surface area contributed by atoms with Gasteiger partial charge in [0.25, 0.3) is 0 Å². The van der Waals surface area contributed by atoms with Gasteiger partial charge in [-0.15, -0.1) is 0 Å². The van der Waals surface area contributed by atoms with Crippen molar-refractivity contribution >= 4 is 29.5 Å². The van der Waals surface area contributed by atoms with E-state index < -0.39 is 0 Å². The molecule has 0 saturated heterocycles. The van der Waals surface area contributed by atoms with Gasteiger partial charge in [0.15, 0.2) is 0 Å². The van der Waals surface area contributed by atoms with Gasteiger partial charge in [0.1, 0.15) is 6.04 Å². The van der Waals surface area contributed by atoms with Gasteiger partial charge < -0.3 is 4.74 Å². The van der Waals surface area contributed by atoms with Crippen LogP contribution in [-0.2, 0) is 16.0 Å². The normalized spacial score (nSPS) is 18.6. The summed E-state index contributed by atoms with van der Waals surface area (Å²) in [6.45, 7) is 9.74. The van der Waals surface area contributed by atoms with Gasteiger partial charge in [0, 0.05) is 22.9 Å². The molecule has 5 heteroatoms. The molecule has 1 aromatic carbocycles. The van der Waals surface area contributed by atoms with E-state index >= 15 is 0 Å². The summed E-state index contributed by atoms with van der Waals surface area (Å²) in [5, 5.41) is 0.714. The SMILES string of the molecule is CC(C)COC(=O)C1Cc2cc(Cl)ccc2SN1CC(C)C. The van der Waals surface area contributed by atoms with Crippen molar-refractivity contribution in [2.45, 2.75) is 45.1 Å². The quantitative estimate of drug-likeness (QED) is 0.585. The Bertz CT molecular complexity index is 533. The van der Waals surface area contributed by atoms with Gasteiger partial charge in [-0.05, 0) is 47.5 Å². The Labute approximate surface area is 142 Å². The second-order valence-corrected chi connectivity index (χ2v) is 8.11. The monoisotopic (exact) mass is 341 g/mol. The van der Waals surface area contributed by atoms with Crippen LogP contribution in [0.2, 0.25) is 5.02 Å². The lowest BCUT2D eigenvalue weighted by molar-refractivity contribution is -0.149. The molecule has 122 valence electrons. The first-order valence-electron chi connectivity index (χ1n) is 7.76. The van der Waals surface area contributed by atoms with Crippen LogP contribution in [0.15, 0.2) is 23.1 Å². The second-order valence-electron chi connectivity index (χ2n) is 6.58. The van der Waals surface area contributed by atoms with Crippen LogP contribution < -0.4 is 0 Å². The maximum atomic E-state index is 12.5. The first-order valence-corrected chi connectivity index (χ1v) is 8.91. The molecule has 2 rings (SSSR count). The molecule has 0 bridgehead atoms. The van der Waals surface area contributed by atoms with Crippen molar-refractivity contribution in [3.8, 4) is 0 Å². The lowest BCUT2D eigenvalue weighted by atomic mass is 10.0. The second kappa shape index (κ2) is 7.71. The Morgan fingerprint density at radius 3 is 2.73 bits per heavy atom. The third-order valence-corrected chi connectivity index (χ3v) is 4.84. The minimum atomic E-state index is -0.239. The molecule has 1 heterocycles. The molecule has 0 amide bonds. The number of hydrogen-bond donors (Lipinski definition) is 0. The zero-order valence-electron chi connectivity index (χ0n) is 13.6. The van der Waals surface area contributed by atoms with E-state index in [1.54, 1.807) is 11.9 Å². The molecule has 0 fully saturated rings. The smallest absolute Gasteiger partial charge is 0.324 e. The van der Waals surface area contributed by atoms with Gasteiger partial charge in [-0.3, -0.25) is 4.79 Å². The van der Waals surface area contributed by atoms with Crippen LogP contribution in [0.25, 0.3) is 0 Å². The van der Waals surface area contributed by atoms with Gasteiger partial charge in [-0.1, -0.05) is 39.3 Å². The highest BCUT2D eigenvalue weighted by Crippen LogP contribution is 2.37. The van der Waals surface area contributed by atoms with Crippen molar-refractivity contribution in [3.63, 3.8) is 0 Å². The summed E-state index contributed by atoms with van der Waals surface area (Å²) in [6.07, 6.45) is 0.659. The van der Waals surface area contributed by atoms with Crippen molar-refractivity contribution in [3.05, 3.63) is 28.8 Å². The Morgan fingerprint density at radius 1 is 1.36 bits per heavy atom. The van der Waals surface area contributed by atoms with Crippen LogP contribution in [0.3, 0.4) is 0 Å². The van der Waals surface area contributed by atoms with Gasteiger partial charge in [-0.25, -0.2) is 4.31 Å². The molecular formula is C17H24ClNO2S. The van der Waals surface area contributed by atoms with E-state index in [1.165, 1.54) is 4.90 Å². The molecule has 0 saturated carbocycles. The summed E-state index contributed by atoms with van der Waals surface area (Å²) < 4.78 is 7.63. The third-order valence-electron chi connectivity index (χ3n) is 3.38. The Hall–Kier alpha value is -0.710. The summed E-state index contributed by atoms with van der Waals surface area (Å²) in [5.74, 6) is 0.703. The van der Waals surface area contributed by atoms with Crippen molar-refractivity contribution in [2.24, 2.45) is 11.8 Å². The lowest BCUT2D eigenvalue weighted by Gasteiger charge is -2.35. The van der Waals surface area contributed by atoms with E-state index in [0.717, 1.165) is 12.1 Å². The fourth-order valence-corrected chi connectivity index (χ4v) is 3.86. The number of ether oxygens (including phenoxy) is 1. The first kappa shape index (κ1) is 17.6. The van der Waals surface area contributed by atoms with Crippen LogP contribution >= 0.6 is 23.5 Å². The average Bonchev–Trinajstić information content (AvgIpc) is 2.43. The molecule has 0 aromatic heterocycles. The van der Waals surface area contributed by atoms with Gasteiger partial charge in [0.05, 0.1) is 6.61 Å². The number of nitrogens with zero attached hydrogens (tertiary/aromatic N) is 1. The maximum Gasteiger partial charge on any atom is 0.324 e. The highest BCUT2D eigenvalue weighted by atomic mass is 35.5. The van der Waals surface area contributed by atoms with Crippen molar-refractivity contribution in [1.29, 1.82) is 0 Å². The maximum absolute atomic E-state index is 12.5. The molecule has 0 spiro atoms.